The van der Waals surface area contributed by atoms with E-state index >= 15 is 0 Å². The molecule has 0 radical (unpaired) electrons. The number of aliphatic hydroxyl groups is 1. The number of rotatable bonds is 4. The number of hydrogen-bond acceptors (Lipinski definition) is 2. The monoisotopic (exact) mass is 277 g/mol. The van der Waals surface area contributed by atoms with Crippen LogP contribution in [0.5, 0.6) is 0 Å². The van der Waals surface area contributed by atoms with Gasteiger partial charge in [-0.1, -0.05) is 29.8 Å². The molecule has 2 atom stereocenters. The third kappa shape index (κ3) is 3.76. The SMILES string of the molecule is CC(C)CC(C)(O)CN1CCC(Br)C1=O. The highest BCUT2D eigenvalue weighted by molar-refractivity contribution is 9.10. The molecule has 1 rings (SSSR count). The minimum absolute atomic E-state index is 0.0488. The van der Waals surface area contributed by atoms with E-state index in [2.05, 4.69) is 29.8 Å². The van der Waals surface area contributed by atoms with Crippen molar-refractivity contribution in [2.45, 2.75) is 44.0 Å². The first kappa shape index (κ1) is 13.0. The number of amides is 1. The van der Waals surface area contributed by atoms with E-state index in [-0.39, 0.29) is 10.7 Å². The van der Waals surface area contributed by atoms with Gasteiger partial charge in [0.1, 0.15) is 0 Å². The Hall–Kier alpha value is -0.0900. The van der Waals surface area contributed by atoms with Crippen LogP contribution in [0.2, 0.25) is 0 Å². The number of carbonyl (C=O) groups is 1. The molecular formula is C11H20BrNO2. The lowest BCUT2D eigenvalue weighted by atomic mass is 9.94. The van der Waals surface area contributed by atoms with Gasteiger partial charge in [0.05, 0.1) is 10.4 Å². The van der Waals surface area contributed by atoms with Crippen molar-refractivity contribution in [3.8, 4) is 0 Å². The first-order valence-electron chi connectivity index (χ1n) is 5.47. The Kier molecular flexibility index (Phi) is 4.18. The molecule has 0 spiro atoms. The first-order chi connectivity index (χ1) is 6.82. The Morgan fingerprint density at radius 1 is 1.67 bits per heavy atom. The maximum atomic E-state index is 11.6. The fraction of sp³-hybridized carbons (Fsp3) is 0.909. The normalized spacial score (nSPS) is 26.1. The van der Waals surface area contributed by atoms with Crippen molar-refractivity contribution in [2.24, 2.45) is 5.92 Å². The number of carbonyl (C=O) groups excluding carboxylic acids is 1. The lowest BCUT2D eigenvalue weighted by Crippen LogP contribution is -2.43. The Balaban J connectivity index is 2.50. The lowest BCUT2D eigenvalue weighted by Gasteiger charge is -2.30. The van der Waals surface area contributed by atoms with E-state index in [9.17, 15) is 9.90 Å². The van der Waals surface area contributed by atoms with Crippen molar-refractivity contribution in [1.82, 2.24) is 4.90 Å². The average molecular weight is 278 g/mol. The summed E-state index contributed by atoms with van der Waals surface area (Å²) in [5.74, 6) is 0.552. The molecule has 4 heteroatoms. The summed E-state index contributed by atoms with van der Waals surface area (Å²) >= 11 is 3.33. The zero-order valence-corrected chi connectivity index (χ0v) is 11.2. The highest BCUT2D eigenvalue weighted by atomic mass is 79.9. The second-order valence-corrected chi connectivity index (χ2v) is 6.22. The number of halogens is 1. The molecule has 88 valence electrons. The number of β-amino-alcohol motifs (C(OH)–C–C–N with tert-alkyl or cyclic N) is 1. The van der Waals surface area contributed by atoms with Crippen LogP contribution >= 0.6 is 15.9 Å². The van der Waals surface area contributed by atoms with E-state index in [1.54, 1.807) is 4.90 Å². The van der Waals surface area contributed by atoms with E-state index in [0.717, 1.165) is 19.4 Å². The van der Waals surface area contributed by atoms with E-state index in [1.807, 2.05) is 6.92 Å². The molecule has 1 aliphatic rings. The van der Waals surface area contributed by atoms with Gasteiger partial charge in [0.15, 0.2) is 0 Å². The lowest BCUT2D eigenvalue weighted by molar-refractivity contribution is -0.130. The molecule has 0 saturated carbocycles. The van der Waals surface area contributed by atoms with E-state index in [1.165, 1.54) is 0 Å². The van der Waals surface area contributed by atoms with Crippen LogP contribution in [0.1, 0.15) is 33.6 Å². The van der Waals surface area contributed by atoms with Gasteiger partial charge in [-0.25, -0.2) is 0 Å². The summed E-state index contributed by atoms with van der Waals surface area (Å²) in [6, 6.07) is 0. The van der Waals surface area contributed by atoms with Crippen LogP contribution in [0.25, 0.3) is 0 Å². The summed E-state index contributed by atoms with van der Waals surface area (Å²) in [4.78, 5) is 13.3. The van der Waals surface area contributed by atoms with Crippen LogP contribution in [-0.2, 0) is 4.79 Å². The summed E-state index contributed by atoms with van der Waals surface area (Å²) in [5, 5.41) is 10.1. The molecule has 2 unspecified atom stereocenters. The van der Waals surface area contributed by atoms with Gasteiger partial charge in [0, 0.05) is 13.1 Å². The summed E-state index contributed by atoms with van der Waals surface area (Å²) < 4.78 is 0. The molecule has 1 fully saturated rings. The second-order valence-electron chi connectivity index (χ2n) is 5.11. The Labute approximate surface area is 100.0 Å². The molecule has 0 aromatic heterocycles. The van der Waals surface area contributed by atoms with E-state index in [0.29, 0.717) is 12.5 Å². The van der Waals surface area contributed by atoms with E-state index in [4.69, 9.17) is 0 Å². The first-order valence-corrected chi connectivity index (χ1v) is 6.38. The third-order valence-corrected chi connectivity index (χ3v) is 3.46. The molecule has 1 heterocycles. The van der Waals surface area contributed by atoms with Crippen molar-refractivity contribution in [2.75, 3.05) is 13.1 Å². The van der Waals surface area contributed by atoms with Crippen molar-refractivity contribution in [3.05, 3.63) is 0 Å². The highest BCUT2D eigenvalue weighted by Gasteiger charge is 2.34. The van der Waals surface area contributed by atoms with Crippen LogP contribution in [0.4, 0.5) is 0 Å². The van der Waals surface area contributed by atoms with Gasteiger partial charge in [0.2, 0.25) is 5.91 Å². The summed E-state index contributed by atoms with van der Waals surface area (Å²) in [7, 11) is 0. The molecule has 1 aliphatic heterocycles. The molecule has 1 N–H and O–H groups in total. The van der Waals surface area contributed by atoms with Crippen molar-refractivity contribution in [1.29, 1.82) is 0 Å². The topological polar surface area (TPSA) is 40.5 Å². The van der Waals surface area contributed by atoms with Gasteiger partial charge in [0.25, 0.3) is 0 Å². The number of likely N-dealkylation sites (tertiary alicyclic amines) is 1. The van der Waals surface area contributed by atoms with Gasteiger partial charge in [-0.05, 0) is 25.7 Å². The predicted molar refractivity (Wildman–Crippen MR) is 64.0 cm³/mol. The van der Waals surface area contributed by atoms with Crippen LogP contribution in [0, 0.1) is 5.92 Å². The number of hydrogen-bond donors (Lipinski definition) is 1. The molecule has 15 heavy (non-hydrogen) atoms. The van der Waals surface area contributed by atoms with Gasteiger partial charge < -0.3 is 10.0 Å². The molecule has 0 bridgehead atoms. The Bertz CT molecular complexity index is 241. The fourth-order valence-electron chi connectivity index (χ4n) is 2.21. The number of alkyl halides is 1. The van der Waals surface area contributed by atoms with Crippen LogP contribution < -0.4 is 0 Å². The molecule has 1 amide bonds. The average Bonchev–Trinajstić information content (AvgIpc) is 2.33. The quantitative estimate of drug-likeness (QED) is 0.796. The molecule has 1 saturated heterocycles. The third-order valence-electron chi connectivity index (χ3n) is 2.61. The molecule has 3 nitrogen and oxygen atoms in total. The molecule has 0 aliphatic carbocycles. The van der Waals surface area contributed by atoms with Crippen molar-refractivity contribution in [3.63, 3.8) is 0 Å². The van der Waals surface area contributed by atoms with Gasteiger partial charge in [-0.2, -0.15) is 0 Å². The maximum Gasteiger partial charge on any atom is 0.236 e. The van der Waals surface area contributed by atoms with Crippen LogP contribution in [0.15, 0.2) is 0 Å². The zero-order chi connectivity index (χ0) is 11.6. The summed E-state index contributed by atoms with van der Waals surface area (Å²) in [6.45, 7) is 7.16. The van der Waals surface area contributed by atoms with Crippen LogP contribution in [0.3, 0.4) is 0 Å². The van der Waals surface area contributed by atoms with Gasteiger partial charge in [-0.15, -0.1) is 0 Å². The molecule has 0 aromatic carbocycles. The maximum absolute atomic E-state index is 11.6. The summed E-state index contributed by atoms with van der Waals surface area (Å²) in [5.41, 5.74) is -0.763. The highest BCUT2D eigenvalue weighted by Crippen LogP contribution is 2.23. The molecule has 0 aromatic rings. The van der Waals surface area contributed by atoms with E-state index < -0.39 is 5.60 Å². The van der Waals surface area contributed by atoms with Crippen molar-refractivity contribution < 1.29 is 9.90 Å². The zero-order valence-electron chi connectivity index (χ0n) is 9.66. The minimum atomic E-state index is -0.763. The summed E-state index contributed by atoms with van der Waals surface area (Å²) in [6.07, 6.45) is 1.57. The van der Waals surface area contributed by atoms with Crippen LogP contribution in [-0.4, -0.2) is 39.4 Å². The van der Waals surface area contributed by atoms with Gasteiger partial charge in [-0.3, -0.25) is 4.79 Å². The second kappa shape index (κ2) is 4.83. The standard InChI is InChI=1S/C11H20BrNO2/c1-8(2)6-11(3,15)7-13-5-4-9(12)10(13)14/h8-9,15H,4-7H2,1-3H3. The smallest absolute Gasteiger partial charge is 0.236 e. The Morgan fingerprint density at radius 2 is 2.27 bits per heavy atom. The van der Waals surface area contributed by atoms with Crippen molar-refractivity contribution >= 4 is 21.8 Å². The largest absolute Gasteiger partial charge is 0.388 e. The fourth-order valence-corrected chi connectivity index (χ4v) is 2.71. The minimum Gasteiger partial charge on any atom is -0.388 e. The Morgan fingerprint density at radius 3 is 2.67 bits per heavy atom. The number of nitrogens with zero attached hydrogens (tertiary/aromatic N) is 1. The predicted octanol–water partition coefficient (Wildman–Crippen LogP) is 1.78. The molecular weight excluding hydrogens is 258 g/mol. The van der Waals surface area contributed by atoms with Gasteiger partial charge >= 0.3 is 0 Å².